The molecule has 8 nitrogen and oxygen atoms in total. The van der Waals surface area contributed by atoms with Crippen LogP contribution in [0.2, 0.25) is 5.28 Å². The summed E-state index contributed by atoms with van der Waals surface area (Å²) in [6.45, 7) is 2.97. The van der Waals surface area contributed by atoms with Gasteiger partial charge in [-0.05, 0) is 41.4 Å². The molecule has 188 valence electrons. The highest BCUT2D eigenvalue weighted by Gasteiger charge is 2.23. The lowest BCUT2D eigenvalue weighted by molar-refractivity contribution is -0.279. The summed E-state index contributed by atoms with van der Waals surface area (Å²) in [6, 6.07) is 19.2. The summed E-state index contributed by atoms with van der Waals surface area (Å²) in [5, 5.41) is 15.9. The first-order chi connectivity index (χ1) is 17.5. The largest absolute Gasteiger partial charge is 0.858 e. The van der Waals surface area contributed by atoms with Gasteiger partial charge in [0.25, 0.3) is 0 Å². The van der Waals surface area contributed by atoms with Crippen molar-refractivity contribution >= 4 is 17.5 Å². The molecule has 0 bridgehead atoms. The van der Waals surface area contributed by atoms with Crippen molar-refractivity contribution < 1.29 is 9.90 Å². The lowest BCUT2D eigenvalue weighted by Crippen LogP contribution is -2.36. The molecule has 0 radical (unpaired) electrons. The summed E-state index contributed by atoms with van der Waals surface area (Å²) in [5.41, 5.74) is 1.44. The first kappa shape index (κ1) is 25.4. The Morgan fingerprint density at radius 2 is 1.56 bits per heavy atom. The van der Waals surface area contributed by atoms with Gasteiger partial charge in [0.05, 0.1) is 5.92 Å². The molecule has 0 atom stereocenters. The molecule has 0 fully saturated rings. The summed E-state index contributed by atoms with van der Waals surface area (Å²) < 4.78 is 2.64. The van der Waals surface area contributed by atoms with Crippen LogP contribution in [0.3, 0.4) is 0 Å². The first-order valence-electron chi connectivity index (χ1n) is 12.2. The molecule has 1 amide bonds. The van der Waals surface area contributed by atoms with Crippen LogP contribution in [0.15, 0.2) is 65.5 Å². The monoisotopic (exact) mass is 506 g/mol. The Balaban J connectivity index is 1.48. The van der Waals surface area contributed by atoms with Crippen LogP contribution < -0.4 is 16.1 Å². The zero-order valence-corrected chi connectivity index (χ0v) is 20.9. The number of halogens is 1. The number of unbranched alkanes of at least 4 members (excludes halogenated alkanes) is 2. The highest BCUT2D eigenvalue weighted by molar-refractivity contribution is 6.28. The van der Waals surface area contributed by atoms with Crippen LogP contribution in [0.1, 0.15) is 49.7 Å². The maximum Gasteiger partial charge on any atom is 0.329 e. The van der Waals surface area contributed by atoms with E-state index in [4.69, 9.17) is 11.6 Å². The Labute approximate surface area is 214 Å². The van der Waals surface area contributed by atoms with Crippen molar-refractivity contribution in [1.29, 1.82) is 0 Å². The summed E-state index contributed by atoms with van der Waals surface area (Å²) >= 11 is 5.95. The van der Waals surface area contributed by atoms with Crippen molar-refractivity contribution in [2.45, 2.75) is 51.6 Å². The fourth-order valence-corrected chi connectivity index (χ4v) is 4.51. The van der Waals surface area contributed by atoms with Gasteiger partial charge in [-0.15, -0.1) is 0 Å². The highest BCUT2D eigenvalue weighted by Crippen LogP contribution is 2.27. The molecule has 0 aliphatic carbocycles. The molecule has 2 aliphatic heterocycles. The number of carbonyl (C=O) groups excluding carboxylic acids is 1. The van der Waals surface area contributed by atoms with E-state index >= 15 is 0 Å². The number of rotatable bonds is 11. The van der Waals surface area contributed by atoms with Gasteiger partial charge < -0.3 is 15.0 Å². The number of benzene rings is 2. The van der Waals surface area contributed by atoms with Crippen molar-refractivity contribution in [1.82, 2.24) is 24.4 Å². The second-order valence-electron chi connectivity index (χ2n) is 8.66. The second kappa shape index (κ2) is 11.9. The van der Waals surface area contributed by atoms with Gasteiger partial charge in [-0.3, -0.25) is 9.36 Å². The number of fused-ring (bicyclic) bond motifs is 1. The van der Waals surface area contributed by atoms with Crippen molar-refractivity contribution in [3.63, 3.8) is 0 Å². The molecule has 4 rings (SSSR count). The number of carbonyl (C=O) groups is 1. The van der Waals surface area contributed by atoms with Crippen LogP contribution in [-0.2, 0) is 17.9 Å². The Morgan fingerprint density at radius 1 is 0.944 bits per heavy atom. The number of nitrogens with one attached hydrogen (secondary N) is 1. The van der Waals surface area contributed by atoms with E-state index in [0.29, 0.717) is 19.5 Å². The SMILES string of the molecule is CCCCCn1c2nc(Cl)nc-2c([O-])n(CCCNC(=O)C(c2ccccc2)c2ccccc2)c1=O. The van der Waals surface area contributed by atoms with E-state index in [1.54, 1.807) is 0 Å². The molecule has 2 heterocycles. The molecule has 0 aromatic heterocycles. The quantitative estimate of drug-likeness (QED) is 0.246. The maximum atomic E-state index is 13.2. The minimum absolute atomic E-state index is 0.0522. The van der Waals surface area contributed by atoms with Crippen LogP contribution in [0.5, 0.6) is 5.88 Å². The molecular weight excluding hydrogens is 478 g/mol. The number of aromatic nitrogens is 4. The normalized spacial score (nSPS) is 11.3. The number of nitrogens with zero attached hydrogens (tertiary/aromatic N) is 4. The number of hydrogen-bond acceptors (Lipinski definition) is 5. The van der Waals surface area contributed by atoms with E-state index in [2.05, 4.69) is 22.2 Å². The van der Waals surface area contributed by atoms with Crippen molar-refractivity contribution in [3.05, 3.63) is 87.6 Å². The molecule has 0 saturated carbocycles. The number of imidazole rings is 1. The Bertz CT molecular complexity index is 1280. The summed E-state index contributed by atoms with van der Waals surface area (Å²) in [5.74, 6) is -0.881. The number of hydrogen-bond donors (Lipinski definition) is 1. The zero-order chi connectivity index (χ0) is 25.5. The zero-order valence-electron chi connectivity index (χ0n) is 20.2. The second-order valence-corrected chi connectivity index (χ2v) is 9.00. The van der Waals surface area contributed by atoms with Gasteiger partial charge in [0.2, 0.25) is 11.2 Å². The Hall–Kier alpha value is -3.65. The predicted octanol–water partition coefficient (Wildman–Crippen LogP) is 3.80. The van der Waals surface area contributed by atoms with E-state index in [1.807, 2.05) is 60.7 Å². The summed E-state index contributed by atoms with van der Waals surface area (Å²) in [4.78, 5) is 34.5. The molecule has 0 spiro atoms. The third-order valence-electron chi connectivity index (χ3n) is 6.15. The van der Waals surface area contributed by atoms with Crippen LogP contribution in [0, 0.1) is 0 Å². The molecule has 1 N–H and O–H groups in total. The number of amides is 1. The topological polar surface area (TPSA) is 105 Å². The van der Waals surface area contributed by atoms with Gasteiger partial charge in [0.1, 0.15) is 5.69 Å². The maximum absolute atomic E-state index is 13.2. The van der Waals surface area contributed by atoms with Crippen LogP contribution in [0.4, 0.5) is 0 Å². The van der Waals surface area contributed by atoms with Crippen molar-refractivity contribution in [3.8, 4) is 17.4 Å². The summed E-state index contributed by atoms with van der Waals surface area (Å²) in [6.07, 6.45) is 3.13. The predicted molar refractivity (Wildman–Crippen MR) is 137 cm³/mol. The first-order valence-corrected chi connectivity index (χ1v) is 12.6. The smallest absolute Gasteiger partial charge is 0.329 e. The average molecular weight is 507 g/mol. The van der Waals surface area contributed by atoms with Gasteiger partial charge in [-0.2, -0.15) is 4.98 Å². The lowest BCUT2D eigenvalue weighted by Gasteiger charge is -2.23. The third-order valence-corrected chi connectivity index (χ3v) is 6.32. The Morgan fingerprint density at radius 3 is 2.17 bits per heavy atom. The molecule has 9 heteroatoms. The highest BCUT2D eigenvalue weighted by atomic mass is 35.5. The van der Waals surface area contributed by atoms with Gasteiger partial charge in [0, 0.05) is 19.6 Å². The van der Waals surface area contributed by atoms with Crippen LogP contribution in [-0.4, -0.2) is 31.6 Å². The molecule has 2 aromatic carbocycles. The standard InChI is InChI=1S/C27H30ClN5O3/c1-2-3-10-17-32-23-22(30-26(28)31-23)25(35)33(27(32)36)18-11-16-29-24(34)21(19-12-6-4-7-13-19)20-14-8-5-9-15-20/h4-9,12-15,21,35H,2-3,10-11,16-18H2,1H3,(H,29,34)/p-1. The minimum Gasteiger partial charge on any atom is -0.858 e. The molecule has 36 heavy (non-hydrogen) atoms. The summed E-state index contributed by atoms with van der Waals surface area (Å²) in [7, 11) is 0. The molecule has 2 aliphatic rings. The third kappa shape index (κ3) is 5.60. The van der Waals surface area contributed by atoms with Gasteiger partial charge >= 0.3 is 5.69 Å². The van der Waals surface area contributed by atoms with E-state index in [0.717, 1.165) is 35.0 Å². The van der Waals surface area contributed by atoms with Gasteiger partial charge in [-0.1, -0.05) is 80.4 Å². The van der Waals surface area contributed by atoms with E-state index in [-0.39, 0.29) is 29.3 Å². The molecule has 2 aromatic rings. The average Bonchev–Trinajstić information content (AvgIpc) is 3.28. The van der Waals surface area contributed by atoms with E-state index in [1.165, 1.54) is 4.57 Å². The van der Waals surface area contributed by atoms with Gasteiger partial charge in [0.15, 0.2) is 5.82 Å². The molecule has 0 unspecified atom stereocenters. The molecule has 0 saturated heterocycles. The van der Waals surface area contributed by atoms with E-state index < -0.39 is 17.5 Å². The fraction of sp³-hybridized carbons (Fsp3) is 0.333. The van der Waals surface area contributed by atoms with Crippen LogP contribution >= 0.6 is 11.6 Å². The van der Waals surface area contributed by atoms with E-state index in [9.17, 15) is 14.7 Å². The lowest BCUT2D eigenvalue weighted by atomic mass is 9.90. The fourth-order valence-electron chi connectivity index (χ4n) is 4.35. The van der Waals surface area contributed by atoms with Crippen molar-refractivity contribution in [2.75, 3.05) is 6.54 Å². The van der Waals surface area contributed by atoms with Gasteiger partial charge in [-0.25, -0.2) is 9.78 Å². The minimum atomic E-state index is -0.515. The molecular formula is C27H29ClN5O3-. The van der Waals surface area contributed by atoms with Crippen LogP contribution in [0.25, 0.3) is 11.5 Å². The Kier molecular flexibility index (Phi) is 8.38. The van der Waals surface area contributed by atoms with Crippen molar-refractivity contribution in [2.24, 2.45) is 0 Å².